The van der Waals surface area contributed by atoms with Crippen LogP contribution in [0.25, 0.3) is 0 Å². The number of ether oxygens (including phenoxy) is 3. The zero-order chi connectivity index (χ0) is 45.1. The van der Waals surface area contributed by atoms with Gasteiger partial charge in [0.15, 0.2) is 6.10 Å². The Kier molecular flexibility index (Phi) is 47.5. The van der Waals surface area contributed by atoms with Crippen LogP contribution < -0.4 is 0 Å². The number of allylic oxidation sites excluding steroid dienone is 14. The molecule has 354 valence electrons. The molecule has 1 atom stereocenters. The second-order valence-electron chi connectivity index (χ2n) is 16.7. The Morgan fingerprint density at radius 1 is 0.339 bits per heavy atom. The van der Waals surface area contributed by atoms with Crippen LogP contribution in [0.3, 0.4) is 0 Å². The number of hydrogen-bond donors (Lipinski definition) is 0. The largest absolute Gasteiger partial charge is 0.462 e. The second kappa shape index (κ2) is 50.2. The molecule has 0 heterocycles. The summed E-state index contributed by atoms with van der Waals surface area (Å²) in [5, 5.41) is 0. The van der Waals surface area contributed by atoms with E-state index in [0.29, 0.717) is 25.7 Å². The average Bonchev–Trinajstić information content (AvgIpc) is 3.27. The van der Waals surface area contributed by atoms with Crippen molar-refractivity contribution in [3.8, 4) is 0 Å². The van der Waals surface area contributed by atoms with Crippen molar-refractivity contribution in [2.45, 2.75) is 239 Å². The van der Waals surface area contributed by atoms with E-state index in [1.165, 1.54) is 103 Å². The molecule has 6 nitrogen and oxygen atoms in total. The summed E-state index contributed by atoms with van der Waals surface area (Å²) in [7, 11) is 0. The minimum Gasteiger partial charge on any atom is -0.462 e. The van der Waals surface area contributed by atoms with E-state index in [-0.39, 0.29) is 37.5 Å². The fourth-order valence-corrected chi connectivity index (χ4v) is 6.80. The fourth-order valence-electron chi connectivity index (χ4n) is 6.80. The lowest BCUT2D eigenvalue weighted by molar-refractivity contribution is -0.167. The van der Waals surface area contributed by atoms with Gasteiger partial charge in [0.05, 0.1) is 0 Å². The summed E-state index contributed by atoms with van der Waals surface area (Å²) in [6.07, 6.45) is 64.3. The molecule has 0 rings (SSSR count). The summed E-state index contributed by atoms with van der Waals surface area (Å²) in [4.78, 5) is 37.9. The molecule has 0 unspecified atom stereocenters. The quantitative estimate of drug-likeness (QED) is 0.0263. The molecule has 0 saturated carbocycles. The van der Waals surface area contributed by atoms with Crippen LogP contribution in [0.4, 0.5) is 0 Å². The average molecular weight is 863 g/mol. The van der Waals surface area contributed by atoms with Crippen LogP contribution in [-0.2, 0) is 28.6 Å². The highest BCUT2D eigenvalue weighted by Crippen LogP contribution is 2.14. The van der Waals surface area contributed by atoms with Crippen molar-refractivity contribution in [1.82, 2.24) is 0 Å². The molecule has 62 heavy (non-hydrogen) atoms. The number of unbranched alkanes of at least 4 members (excludes halogenated alkanes) is 20. The zero-order valence-corrected chi connectivity index (χ0v) is 40.4. The van der Waals surface area contributed by atoms with Crippen LogP contribution in [-0.4, -0.2) is 37.2 Å². The molecule has 0 fully saturated rings. The first kappa shape index (κ1) is 58.6. The van der Waals surface area contributed by atoms with Crippen molar-refractivity contribution >= 4 is 17.9 Å². The predicted molar refractivity (Wildman–Crippen MR) is 265 cm³/mol. The topological polar surface area (TPSA) is 78.9 Å². The smallest absolute Gasteiger partial charge is 0.306 e. The van der Waals surface area contributed by atoms with Gasteiger partial charge >= 0.3 is 17.9 Å². The van der Waals surface area contributed by atoms with E-state index >= 15 is 0 Å². The maximum absolute atomic E-state index is 12.8. The molecule has 0 aliphatic rings. The van der Waals surface area contributed by atoms with E-state index in [2.05, 4.69) is 106 Å². The molecule has 0 amide bonds. The van der Waals surface area contributed by atoms with Crippen molar-refractivity contribution in [2.75, 3.05) is 13.2 Å². The molecular weight excluding hydrogens is 769 g/mol. The molecule has 6 heteroatoms. The molecule has 0 aromatic carbocycles. The number of esters is 3. The molecule has 0 aromatic heterocycles. The maximum Gasteiger partial charge on any atom is 0.306 e. The SMILES string of the molecule is CC/C=C\C/C=C\C/C=C\C/C=C\CCCCC(=O)OC[C@H](COC(=O)CCCCCCCCCCCCCC)OC(=O)CCC/C=C\C/C=C\C/C=C\CCCCCCCC. The number of hydrogen-bond acceptors (Lipinski definition) is 6. The van der Waals surface area contributed by atoms with E-state index in [1.807, 2.05) is 0 Å². The van der Waals surface area contributed by atoms with E-state index in [9.17, 15) is 14.4 Å². The highest BCUT2D eigenvalue weighted by atomic mass is 16.6. The lowest BCUT2D eigenvalue weighted by Gasteiger charge is -2.18. The van der Waals surface area contributed by atoms with Crippen LogP contribution in [0.1, 0.15) is 233 Å². The summed E-state index contributed by atoms with van der Waals surface area (Å²) in [5.74, 6) is -1.01. The third-order valence-electron chi connectivity index (χ3n) is 10.6. The van der Waals surface area contributed by atoms with Crippen molar-refractivity contribution in [3.63, 3.8) is 0 Å². The summed E-state index contributed by atoms with van der Waals surface area (Å²) in [6, 6.07) is 0. The van der Waals surface area contributed by atoms with E-state index in [0.717, 1.165) is 77.0 Å². The van der Waals surface area contributed by atoms with Crippen molar-refractivity contribution in [2.24, 2.45) is 0 Å². The summed E-state index contributed by atoms with van der Waals surface area (Å²) >= 11 is 0. The zero-order valence-electron chi connectivity index (χ0n) is 40.4. The Labute approximate surface area is 382 Å². The van der Waals surface area contributed by atoms with Crippen LogP contribution in [0.5, 0.6) is 0 Å². The van der Waals surface area contributed by atoms with E-state index in [1.54, 1.807) is 0 Å². The molecule has 0 spiro atoms. The van der Waals surface area contributed by atoms with Gasteiger partial charge in [-0.15, -0.1) is 0 Å². The van der Waals surface area contributed by atoms with Crippen LogP contribution in [0.2, 0.25) is 0 Å². The maximum atomic E-state index is 12.8. The molecule has 0 saturated heterocycles. The van der Waals surface area contributed by atoms with Gasteiger partial charge in [-0.05, 0) is 89.9 Å². The molecule has 0 aromatic rings. The molecule has 0 aliphatic heterocycles. The minimum atomic E-state index is -0.817. The van der Waals surface area contributed by atoms with Gasteiger partial charge in [-0.3, -0.25) is 14.4 Å². The third-order valence-corrected chi connectivity index (χ3v) is 10.6. The third kappa shape index (κ3) is 47.6. The molecule has 0 N–H and O–H groups in total. The van der Waals surface area contributed by atoms with Crippen molar-refractivity contribution < 1.29 is 28.6 Å². The summed E-state index contributed by atoms with van der Waals surface area (Å²) in [6.45, 7) is 6.43. The van der Waals surface area contributed by atoms with Gasteiger partial charge in [0, 0.05) is 19.3 Å². The molecule has 0 bridgehead atoms. The Balaban J connectivity index is 4.53. The first-order valence-corrected chi connectivity index (χ1v) is 25.6. The van der Waals surface area contributed by atoms with Gasteiger partial charge in [0.1, 0.15) is 13.2 Å². The van der Waals surface area contributed by atoms with Gasteiger partial charge in [-0.25, -0.2) is 0 Å². The first-order valence-electron chi connectivity index (χ1n) is 25.6. The lowest BCUT2D eigenvalue weighted by Crippen LogP contribution is -2.30. The standard InChI is InChI=1S/C56H94O6/c1-4-7-10-13-16-19-22-25-27-28-30-32-35-38-41-44-47-50-56(59)62-53(51-60-54(57)48-45-42-39-36-33-24-21-18-15-12-9-6-3)52-61-55(58)49-46-43-40-37-34-31-29-26-23-20-17-14-11-8-5-2/h8,11,17,20,25-27,29-30,32,34,37-38,41,53H,4-7,9-10,12-16,18-19,21-24,28,31,33,35-36,39-40,42-52H2,1-3H3/b11-8-,20-17-,27-25-,29-26-,32-30-,37-34-,41-38-/t53-/m0/s1. The highest BCUT2D eigenvalue weighted by Gasteiger charge is 2.19. The Bertz CT molecular complexity index is 1220. The van der Waals surface area contributed by atoms with Gasteiger partial charge < -0.3 is 14.2 Å². The van der Waals surface area contributed by atoms with Crippen LogP contribution in [0, 0.1) is 0 Å². The number of rotatable bonds is 45. The van der Waals surface area contributed by atoms with Gasteiger partial charge in [-0.2, -0.15) is 0 Å². The fraction of sp³-hybridized carbons (Fsp3) is 0.696. The number of carbonyl (C=O) groups is 3. The second-order valence-corrected chi connectivity index (χ2v) is 16.7. The van der Waals surface area contributed by atoms with Crippen molar-refractivity contribution in [1.29, 1.82) is 0 Å². The Morgan fingerprint density at radius 2 is 0.645 bits per heavy atom. The van der Waals surface area contributed by atoms with Gasteiger partial charge in [0.2, 0.25) is 0 Å². The van der Waals surface area contributed by atoms with Crippen LogP contribution >= 0.6 is 0 Å². The van der Waals surface area contributed by atoms with E-state index < -0.39 is 6.10 Å². The Hall–Kier alpha value is -3.41. The molecular formula is C56H94O6. The summed E-state index contributed by atoms with van der Waals surface area (Å²) < 4.78 is 16.7. The first-order chi connectivity index (χ1) is 30.5. The predicted octanol–water partition coefficient (Wildman–Crippen LogP) is 16.8. The van der Waals surface area contributed by atoms with Gasteiger partial charge in [0.25, 0.3) is 0 Å². The minimum absolute atomic E-state index is 0.109. The van der Waals surface area contributed by atoms with E-state index in [4.69, 9.17) is 14.2 Å². The number of carbonyl (C=O) groups excluding carboxylic acids is 3. The Morgan fingerprint density at radius 3 is 1.06 bits per heavy atom. The molecule has 0 aliphatic carbocycles. The lowest BCUT2D eigenvalue weighted by atomic mass is 10.0. The van der Waals surface area contributed by atoms with Gasteiger partial charge in [-0.1, -0.05) is 209 Å². The summed E-state index contributed by atoms with van der Waals surface area (Å²) in [5.41, 5.74) is 0. The normalized spacial score (nSPS) is 12.8. The highest BCUT2D eigenvalue weighted by molar-refractivity contribution is 5.71. The monoisotopic (exact) mass is 863 g/mol. The van der Waals surface area contributed by atoms with Crippen LogP contribution in [0.15, 0.2) is 85.1 Å². The van der Waals surface area contributed by atoms with Crippen molar-refractivity contribution in [3.05, 3.63) is 85.1 Å². The molecule has 0 radical (unpaired) electrons.